The van der Waals surface area contributed by atoms with Gasteiger partial charge in [-0.15, -0.1) is 0 Å². The monoisotopic (exact) mass is 439 g/mol. The van der Waals surface area contributed by atoms with Gasteiger partial charge in [-0.1, -0.05) is 12.1 Å². The number of rotatable bonds is 10. The van der Waals surface area contributed by atoms with Crippen molar-refractivity contribution in [1.82, 2.24) is 25.1 Å². The van der Waals surface area contributed by atoms with Gasteiger partial charge in [0, 0.05) is 71.8 Å². The van der Waals surface area contributed by atoms with E-state index in [0.717, 1.165) is 76.4 Å². The van der Waals surface area contributed by atoms with Crippen LogP contribution in [0.4, 0.5) is 5.95 Å². The third-order valence-corrected chi connectivity index (χ3v) is 5.45. The molecule has 0 atom stereocenters. The van der Waals surface area contributed by atoms with Crippen LogP contribution in [0.2, 0.25) is 0 Å². The number of nitrogens with zero attached hydrogens (tertiary/aromatic N) is 6. The number of piperazine rings is 1. The Morgan fingerprint density at radius 2 is 1.81 bits per heavy atom. The van der Waals surface area contributed by atoms with Crippen LogP contribution in [0, 0.1) is 0 Å². The summed E-state index contributed by atoms with van der Waals surface area (Å²) in [6.07, 6.45) is 4.66. The third kappa shape index (κ3) is 7.37. The summed E-state index contributed by atoms with van der Waals surface area (Å²) in [7, 11) is 2.09. The summed E-state index contributed by atoms with van der Waals surface area (Å²) in [6, 6.07) is 10.1. The first-order valence-electron chi connectivity index (χ1n) is 11.6. The number of aromatic nitrogens is 2. The average Bonchev–Trinajstić information content (AvgIpc) is 2.83. The Balaban J connectivity index is 1.41. The van der Waals surface area contributed by atoms with Crippen LogP contribution < -0.4 is 15.0 Å². The van der Waals surface area contributed by atoms with E-state index in [9.17, 15) is 0 Å². The van der Waals surface area contributed by atoms with Gasteiger partial charge in [0.25, 0.3) is 0 Å². The highest BCUT2D eigenvalue weighted by atomic mass is 16.5. The minimum Gasteiger partial charge on any atom is -0.494 e. The number of guanidine groups is 1. The molecule has 2 heterocycles. The van der Waals surface area contributed by atoms with Crippen molar-refractivity contribution in [3.8, 4) is 5.75 Å². The number of nitrogens with one attached hydrogen (secondary N) is 1. The first kappa shape index (κ1) is 23.8. The van der Waals surface area contributed by atoms with Crippen molar-refractivity contribution in [2.24, 2.45) is 4.99 Å². The van der Waals surface area contributed by atoms with Crippen LogP contribution in [0.3, 0.4) is 0 Å². The predicted molar refractivity (Wildman–Crippen MR) is 130 cm³/mol. The molecular weight excluding hydrogens is 402 g/mol. The summed E-state index contributed by atoms with van der Waals surface area (Å²) >= 11 is 0. The van der Waals surface area contributed by atoms with Crippen LogP contribution in [0.5, 0.6) is 5.75 Å². The Kier molecular flexibility index (Phi) is 9.56. The molecule has 1 N–H and O–H groups in total. The van der Waals surface area contributed by atoms with Crippen molar-refractivity contribution in [2.75, 3.05) is 64.4 Å². The fraction of sp³-hybridized carbons (Fsp3) is 0.542. The number of aliphatic imine (C=N–C) groups is 1. The Morgan fingerprint density at radius 1 is 1.09 bits per heavy atom. The molecule has 0 aliphatic carbocycles. The number of hydrogen-bond acceptors (Lipinski definition) is 6. The second kappa shape index (κ2) is 12.9. The Labute approximate surface area is 192 Å². The van der Waals surface area contributed by atoms with E-state index in [1.165, 1.54) is 5.56 Å². The molecule has 2 aromatic rings. The zero-order valence-electron chi connectivity index (χ0n) is 19.7. The van der Waals surface area contributed by atoms with Gasteiger partial charge in [0.15, 0.2) is 5.96 Å². The summed E-state index contributed by atoms with van der Waals surface area (Å²) in [6.45, 7) is 12.4. The van der Waals surface area contributed by atoms with E-state index in [-0.39, 0.29) is 0 Å². The largest absolute Gasteiger partial charge is 0.494 e. The molecule has 0 bridgehead atoms. The van der Waals surface area contributed by atoms with E-state index in [1.54, 1.807) is 0 Å². The standard InChI is InChI=1S/C24H37N7O/c1-4-25-23(29(3)20-21-8-10-22(11-9-21)32-5-2)26-14-7-15-30-16-18-31(19-17-30)24-27-12-6-13-28-24/h6,8-13H,4-5,7,14-20H2,1-3H3,(H,25,26). The molecule has 1 aromatic heterocycles. The van der Waals surface area contributed by atoms with E-state index in [0.29, 0.717) is 6.61 Å². The maximum absolute atomic E-state index is 5.53. The van der Waals surface area contributed by atoms with Crippen molar-refractivity contribution in [3.63, 3.8) is 0 Å². The third-order valence-electron chi connectivity index (χ3n) is 5.45. The smallest absolute Gasteiger partial charge is 0.225 e. The van der Waals surface area contributed by atoms with Gasteiger partial charge in [0.1, 0.15) is 5.75 Å². The number of anilines is 1. The molecule has 32 heavy (non-hydrogen) atoms. The van der Waals surface area contributed by atoms with Crippen LogP contribution >= 0.6 is 0 Å². The summed E-state index contributed by atoms with van der Waals surface area (Å²) < 4.78 is 5.53. The highest BCUT2D eigenvalue weighted by Crippen LogP contribution is 2.13. The van der Waals surface area contributed by atoms with Gasteiger partial charge in [0.05, 0.1) is 6.61 Å². The molecule has 174 valence electrons. The summed E-state index contributed by atoms with van der Waals surface area (Å²) in [5.74, 6) is 2.70. The fourth-order valence-electron chi connectivity index (χ4n) is 3.78. The second-order valence-electron chi connectivity index (χ2n) is 7.90. The molecule has 0 radical (unpaired) electrons. The van der Waals surface area contributed by atoms with E-state index in [1.807, 2.05) is 37.5 Å². The van der Waals surface area contributed by atoms with E-state index >= 15 is 0 Å². The van der Waals surface area contributed by atoms with Crippen LogP contribution in [0.1, 0.15) is 25.8 Å². The molecule has 3 rings (SSSR count). The van der Waals surface area contributed by atoms with E-state index < -0.39 is 0 Å². The normalized spacial score (nSPS) is 15.0. The minimum atomic E-state index is 0.688. The Morgan fingerprint density at radius 3 is 2.47 bits per heavy atom. The molecule has 1 saturated heterocycles. The second-order valence-corrected chi connectivity index (χ2v) is 7.90. The highest BCUT2D eigenvalue weighted by Gasteiger charge is 2.18. The maximum Gasteiger partial charge on any atom is 0.225 e. The molecule has 8 nitrogen and oxygen atoms in total. The van der Waals surface area contributed by atoms with Crippen molar-refractivity contribution >= 4 is 11.9 Å². The molecule has 0 saturated carbocycles. The van der Waals surface area contributed by atoms with Crippen molar-refractivity contribution < 1.29 is 4.74 Å². The van der Waals surface area contributed by atoms with Crippen LogP contribution in [0.15, 0.2) is 47.7 Å². The maximum atomic E-state index is 5.53. The van der Waals surface area contributed by atoms with Crippen LogP contribution in [-0.2, 0) is 6.54 Å². The van der Waals surface area contributed by atoms with Crippen LogP contribution in [0.25, 0.3) is 0 Å². The van der Waals surface area contributed by atoms with Crippen molar-refractivity contribution in [2.45, 2.75) is 26.8 Å². The minimum absolute atomic E-state index is 0.688. The molecule has 8 heteroatoms. The molecule has 0 spiro atoms. The van der Waals surface area contributed by atoms with Gasteiger partial charge in [-0.25, -0.2) is 9.97 Å². The molecule has 1 aliphatic heterocycles. The van der Waals surface area contributed by atoms with Crippen LogP contribution in [-0.4, -0.2) is 85.2 Å². The van der Waals surface area contributed by atoms with Gasteiger partial charge < -0.3 is 19.9 Å². The lowest BCUT2D eigenvalue weighted by atomic mass is 10.2. The summed E-state index contributed by atoms with van der Waals surface area (Å²) in [4.78, 5) is 20.5. The Hall–Kier alpha value is -2.87. The molecule has 1 aromatic carbocycles. The van der Waals surface area contributed by atoms with E-state index in [4.69, 9.17) is 9.73 Å². The lowest BCUT2D eigenvalue weighted by Gasteiger charge is -2.34. The molecule has 1 fully saturated rings. The zero-order chi connectivity index (χ0) is 22.6. The molecular formula is C24H37N7O. The number of benzene rings is 1. The SMILES string of the molecule is CCNC(=NCCCN1CCN(c2ncccn2)CC1)N(C)Cc1ccc(OCC)cc1. The average molecular weight is 440 g/mol. The van der Waals surface area contributed by atoms with Gasteiger partial charge in [-0.3, -0.25) is 9.89 Å². The zero-order valence-corrected chi connectivity index (χ0v) is 19.7. The lowest BCUT2D eigenvalue weighted by Crippen LogP contribution is -2.47. The van der Waals surface area contributed by atoms with E-state index in [2.05, 4.69) is 56.1 Å². The first-order valence-corrected chi connectivity index (χ1v) is 11.6. The summed E-state index contributed by atoms with van der Waals surface area (Å²) in [5.41, 5.74) is 1.24. The number of hydrogen-bond donors (Lipinski definition) is 1. The van der Waals surface area contributed by atoms with Gasteiger partial charge in [-0.05, 0) is 44.0 Å². The topological polar surface area (TPSA) is 69.1 Å². The van der Waals surface area contributed by atoms with Gasteiger partial charge in [0.2, 0.25) is 5.95 Å². The molecule has 0 amide bonds. The van der Waals surface area contributed by atoms with Crippen molar-refractivity contribution in [1.29, 1.82) is 0 Å². The van der Waals surface area contributed by atoms with Crippen molar-refractivity contribution in [3.05, 3.63) is 48.3 Å². The lowest BCUT2D eigenvalue weighted by molar-refractivity contribution is 0.255. The Bertz CT molecular complexity index is 805. The van der Waals surface area contributed by atoms with Gasteiger partial charge in [-0.2, -0.15) is 0 Å². The predicted octanol–water partition coefficient (Wildman–Crippen LogP) is 2.48. The molecule has 1 aliphatic rings. The fourth-order valence-corrected chi connectivity index (χ4v) is 3.78. The quantitative estimate of drug-likeness (QED) is 0.346. The highest BCUT2D eigenvalue weighted by molar-refractivity contribution is 5.79. The summed E-state index contributed by atoms with van der Waals surface area (Å²) in [5, 5.41) is 3.41. The first-order chi connectivity index (χ1) is 15.7. The molecule has 0 unspecified atom stereocenters. The van der Waals surface area contributed by atoms with Gasteiger partial charge >= 0.3 is 0 Å². The number of ether oxygens (including phenoxy) is 1.